The Morgan fingerprint density at radius 2 is 1.92 bits per heavy atom. The number of nitrogens with zero attached hydrogens (tertiary/aromatic N) is 2. The summed E-state index contributed by atoms with van der Waals surface area (Å²) in [6.07, 6.45) is 2.79. The average molecular weight is 332 g/mol. The molecule has 0 saturated carbocycles. The first-order valence-electron chi connectivity index (χ1n) is 8.11. The molecule has 4 rings (SSSR count). The van der Waals surface area contributed by atoms with Gasteiger partial charge in [0.25, 0.3) is 5.56 Å². The molecule has 0 N–H and O–H groups in total. The molecular formula is C20H16N2O3. The molecule has 1 aromatic heterocycles. The molecule has 0 bridgehead atoms. The second kappa shape index (κ2) is 6.02. The summed E-state index contributed by atoms with van der Waals surface area (Å²) in [5.41, 5.74) is 2.73. The summed E-state index contributed by atoms with van der Waals surface area (Å²) in [6, 6.07) is 14.7. The molecular weight excluding hydrogens is 316 g/mol. The highest BCUT2D eigenvalue weighted by molar-refractivity contribution is 5.84. The van der Waals surface area contributed by atoms with Crippen molar-refractivity contribution in [2.24, 2.45) is 0 Å². The predicted octanol–water partition coefficient (Wildman–Crippen LogP) is 3.27. The van der Waals surface area contributed by atoms with Gasteiger partial charge in [0, 0.05) is 13.5 Å². The van der Waals surface area contributed by atoms with E-state index in [1.165, 1.54) is 6.92 Å². The summed E-state index contributed by atoms with van der Waals surface area (Å²) in [6.45, 7) is 2.02. The van der Waals surface area contributed by atoms with E-state index >= 15 is 0 Å². The van der Waals surface area contributed by atoms with Crippen molar-refractivity contribution < 1.29 is 9.53 Å². The Labute approximate surface area is 144 Å². The number of fused-ring (bicyclic) bond motifs is 2. The van der Waals surface area contributed by atoms with Gasteiger partial charge in [0.2, 0.25) is 0 Å². The molecule has 2 aromatic carbocycles. The molecule has 0 amide bonds. The summed E-state index contributed by atoms with van der Waals surface area (Å²) < 4.78 is 6.78. The van der Waals surface area contributed by atoms with Gasteiger partial charge in [-0.15, -0.1) is 0 Å². The smallest absolute Gasteiger partial charge is 0.308 e. The lowest BCUT2D eigenvalue weighted by Crippen LogP contribution is -2.20. The fourth-order valence-electron chi connectivity index (χ4n) is 3.10. The molecule has 0 radical (unpaired) electrons. The van der Waals surface area contributed by atoms with Crippen LogP contribution in [0.1, 0.15) is 24.7 Å². The third-order valence-corrected chi connectivity index (χ3v) is 4.24. The standard InChI is InChI=1S/C20H16N2O3/c1-13(23)25-16-8-6-14(7-9-16)12-15-10-11-22-19(15)21-18-5-3-2-4-17(18)20(22)24/h2-9,12H,10-11H2,1H3/b15-12+. The van der Waals surface area contributed by atoms with Crippen LogP contribution in [0.25, 0.3) is 22.6 Å². The molecule has 0 saturated heterocycles. The van der Waals surface area contributed by atoms with Crippen LogP contribution in [0.4, 0.5) is 0 Å². The monoisotopic (exact) mass is 332 g/mol. The molecule has 1 aliphatic rings. The van der Waals surface area contributed by atoms with E-state index in [-0.39, 0.29) is 11.5 Å². The largest absolute Gasteiger partial charge is 0.427 e. The first-order valence-corrected chi connectivity index (χ1v) is 8.11. The molecule has 124 valence electrons. The molecule has 3 aromatic rings. The van der Waals surface area contributed by atoms with Gasteiger partial charge in [0.15, 0.2) is 0 Å². The summed E-state index contributed by atoms with van der Waals surface area (Å²) in [5.74, 6) is 0.904. The number of rotatable bonds is 2. The molecule has 0 fully saturated rings. The van der Waals surface area contributed by atoms with E-state index < -0.39 is 0 Å². The number of benzene rings is 2. The number of carbonyl (C=O) groups is 1. The number of aromatic nitrogens is 2. The van der Waals surface area contributed by atoms with Crippen molar-refractivity contribution in [1.82, 2.24) is 9.55 Å². The van der Waals surface area contributed by atoms with Crippen LogP contribution >= 0.6 is 0 Å². The summed E-state index contributed by atoms with van der Waals surface area (Å²) in [4.78, 5) is 28.3. The third-order valence-electron chi connectivity index (χ3n) is 4.24. The number of allylic oxidation sites excluding steroid dienone is 1. The Bertz CT molecular complexity index is 1060. The van der Waals surface area contributed by atoms with Crippen molar-refractivity contribution >= 4 is 28.5 Å². The van der Waals surface area contributed by atoms with Crippen LogP contribution in [0.15, 0.2) is 53.3 Å². The lowest BCUT2D eigenvalue weighted by molar-refractivity contribution is -0.131. The molecule has 0 atom stereocenters. The van der Waals surface area contributed by atoms with E-state index in [1.807, 2.05) is 42.5 Å². The molecule has 2 heterocycles. The van der Waals surface area contributed by atoms with Gasteiger partial charge < -0.3 is 4.74 Å². The number of para-hydroxylation sites is 1. The zero-order valence-corrected chi connectivity index (χ0v) is 13.7. The van der Waals surface area contributed by atoms with Crippen LogP contribution in [0.2, 0.25) is 0 Å². The number of esters is 1. The third kappa shape index (κ3) is 2.85. The minimum absolute atomic E-state index is 0.00852. The van der Waals surface area contributed by atoms with Gasteiger partial charge in [-0.2, -0.15) is 0 Å². The van der Waals surface area contributed by atoms with Crippen molar-refractivity contribution in [3.63, 3.8) is 0 Å². The van der Waals surface area contributed by atoms with Gasteiger partial charge in [-0.3, -0.25) is 14.2 Å². The first kappa shape index (κ1) is 15.3. The molecule has 5 nitrogen and oxygen atoms in total. The number of hydrogen-bond donors (Lipinski definition) is 0. The highest BCUT2D eigenvalue weighted by atomic mass is 16.5. The van der Waals surface area contributed by atoms with Crippen molar-refractivity contribution in [2.45, 2.75) is 19.9 Å². The average Bonchev–Trinajstić information content (AvgIpc) is 2.99. The fraction of sp³-hybridized carbons (Fsp3) is 0.150. The Balaban J connectivity index is 1.74. The van der Waals surface area contributed by atoms with Crippen LogP contribution < -0.4 is 10.3 Å². The number of carbonyl (C=O) groups excluding carboxylic acids is 1. The fourth-order valence-corrected chi connectivity index (χ4v) is 3.10. The predicted molar refractivity (Wildman–Crippen MR) is 96.2 cm³/mol. The van der Waals surface area contributed by atoms with Gasteiger partial charge in [-0.05, 0) is 47.9 Å². The van der Waals surface area contributed by atoms with E-state index in [1.54, 1.807) is 16.7 Å². The lowest BCUT2D eigenvalue weighted by atomic mass is 10.1. The van der Waals surface area contributed by atoms with Crippen molar-refractivity contribution in [1.29, 1.82) is 0 Å². The summed E-state index contributed by atoms with van der Waals surface area (Å²) >= 11 is 0. The van der Waals surface area contributed by atoms with Crippen LogP contribution in [0.3, 0.4) is 0 Å². The van der Waals surface area contributed by atoms with Gasteiger partial charge in [-0.25, -0.2) is 4.98 Å². The SMILES string of the molecule is CC(=O)Oc1ccc(/C=C2\CCn3c2nc2ccccc2c3=O)cc1. The van der Waals surface area contributed by atoms with Gasteiger partial charge in [-0.1, -0.05) is 24.3 Å². The second-order valence-electron chi connectivity index (χ2n) is 5.99. The Kier molecular flexibility index (Phi) is 3.69. The van der Waals surface area contributed by atoms with Crippen LogP contribution in [-0.2, 0) is 11.3 Å². The Morgan fingerprint density at radius 1 is 1.16 bits per heavy atom. The van der Waals surface area contributed by atoms with Gasteiger partial charge in [0.1, 0.15) is 11.6 Å². The zero-order valence-electron chi connectivity index (χ0n) is 13.7. The van der Waals surface area contributed by atoms with Crippen molar-refractivity contribution in [2.75, 3.05) is 0 Å². The highest BCUT2D eigenvalue weighted by Crippen LogP contribution is 2.27. The molecule has 5 heteroatoms. The lowest BCUT2D eigenvalue weighted by Gasteiger charge is -2.05. The van der Waals surface area contributed by atoms with E-state index in [2.05, 4.69) is 4.98 Å². The highest BCUT2D eigenvalue weighted by Gasteiger charge is 2.20. The van der Waals surface area contributed by atoms with Crippen molar-refractivity contribution in [3.8, 4) is 5.75 Å². The van der Waals surface area contributed by atoms with Gasteiger partial charge >= 0.3 is 5.97 Å². The maximum absolute atomic E-state index is 12.6. The van der Waals surface area contributed by atoms with Crippen molar-refractivity contribution in [3.05, 3.63) is 70.3 Å². The zero-order chi connectivity index (χ0) is 17.4. The minimum atomic E-state index is -0.341. The summed E-state index contributed by atoms with van der Waals surface area (Å²) in [5, 5.41) is 0.651. The topological polar surface area (TPSA) is 61.2 Å². The molecule has 0 aliphatic carbocycles. The van der Waals surface area contributed by atoms with Crippen LogP contribution in [0, 0.1) is 0 Å². The van der Waals surface area contributed by atoms with E-state index in [9.17, 15) is 9.59 Å². The van der Waals surface area contributed by atoms with Gasteiger partial charge in [0.05, 0.1) is 10.9 Å². The maximum atomic E-state index is 12.6. The first-order chi connectivity index (χ1) is 12.1. The molecule has 25 heavy (non-hydrogen) atoms. The van der Waals surface area contributed by atoms with E-state index in [4.69, 9.17) is 4.74 Å². The van der Waals surface area contributed by atoms with E-state index in [0.29, 0.717) is 17.7 Å². The number of ether oxygens (including phenoxy) is 1. The Morgan fingerprint density at radius 3 is 2.68 bits per heavy atom. The molecule has 0 unspecified atom stereocenters. The molecule has 0 spiro atoms. The quantitative estimate of drug-likeness (QED) is 0.534. The normalized spacial score (nSPS) is 14.7. The van der Waals surface area contributed by atoms with E-state index in [0.717, 1.165) is 28.9 Å². The summed E-state index contributed by atoms with van der Waals surface area (Å²) in [7, 11) is 0. The maximum Gasteiger partial charge on any atom is 0.308 e. The van der Waals surface area contributed by atoms with Crippen LogP contribution in [0.5, 0.6) is 5.75 Å². The van der Waals surface area contributed by atoms with Crippen LogP contribution in [-0.4, -0.2) is 15.5 Å². The minimum Gasteiger partial charge on any atom is -0.427 e. The number of hydrogen-bond acceptors (Lipinski definition) is 4. The second-order valence-corrected chi connectivity index (χ2v) is 5.99. The molecule has 1 aliphatic heterocycles. The Hall–Kier alpha value is -3.21.